The van der Waals surface area contributed by atoms with Gasteiger partial charge in [-0.05, 0) is 25.5 Å². The molecule has 1 aromatic heterocycles. The summed E-state index contributed by atoms with van der Waals surface area (Å²) in [6, 6.07) is 5.95. The highest BCUT2D eigenvalue weighted by Crippen LogP contribution is 2.49. The van der Waals surface area contributed by atoms with E-state index >= 15 is 0 Å². The summed E-state index contributed by atoms with van der Waals surface area (Å²) in [5, 5.41) is 8.38. The van der Waals surface area contributed by atoms with Gasteiger partial charge in [-0.1, -0.05) is 31.5 Å². The Balaban J connectivity index is 1.58. The number of benzene rings is 1. The SMILES string of the molecule is Cc1ccc(C(=O)N2CC3(C2)CN(C(=O)C(C)C)CC3c2nncn2C)c(C)c1. The number of carbonyl (C=O) groups is 2. The van der Waals surface area contributed by atoms with Crippen LogP contribution in [0.15, 0.2) is 24.5 Å². The van der Waals surface area contributed by atoms with Crippen LogP contribution >= 0.6 is 0 Å². The Kier molecular flexibility index (Phi) is 4.71. The normalized spacial score (nSPS) is 20.4. The third kappa shape index (κ3) is 3.22. The number of carbonyl (C=O) groups excluding carboxylic acids is 2. The Hall–Kier alpha value is -2.70. The van der Waals surface area contributed by atoms with E-state index in [0.29, 0.717) is 26.2 Å². The molecule has 0 radical (unpaired) electrons. The Bertz CT molecular complexity index is 958. The molecule has 7 nitrogen and oxygen atoms in total. The molecule has 1 unspecified atom stereocenters. The van der Waals surface area contributed by atoms with Crippen molar-refractivity contribution < 1.29 is 9.59 Å². The number of hydrogen-bond acceptors (Lipinski definition) is 4. The van der Waals surface area contributed by atoms with Gasteiger partial charge in [-0.2, -0.15) is 0 Å². The summed E-state index contributed by atoms with van der Waals surface area (Å²) in [6.45, 7) is 10.5. The molecular formula is C22H29N5O2. The lowest BCUT2D eigenvalue weighted by Crippen LogP contribution is -2.62. The van der Waals surface area contributed by atoms with E-state index < -0.39 is 0 Å². The maximum atomic E-state index is 13.1. The summed E-state index contributed by atoms with van der Waals surface area (Å²) >= 11 is 0. The van der Waals surface area contributed by atoms with E-state index in [1.54, 1.807) is 6.33 Å². The first-order chi connectivity index (χ1) is 13.7. The van der Waals surface area contributed by atoms with Crippen molar-refractivity contribution in [2.75, 3.05) is 26.2 Å². The number of aromatic nitrogens is 3. The molecule has 0 bridgehead atoms. The lowest BCUT2D eigenvalue weighted by Gasteiger charge is -2.50. The zero-order valence-corrected chi connectivity index (χ0v) is 17.8. The number of rotatable bonds is 3. The van der Waals surface area contributed by atoms with Crippen LogP contribution < -0.4 is 0 Å². The van der Waals surface area contributed by atoms with Gasteiger partial charge in [0.2, 0.25) is 5.91 Å². The number of likely N-dealkylation sites (tertiary alicyclic amines) is 2. The van der Waals surface area contributed by atoms with Crippen molar-refractivity contribution in [2.24, 2.45) is 18.4 Å². The molecule has 29 heavy (non-hydrogen) atoms. The molecule has 7 heteroatoms. The summed E-state index contributed by atoms with van der Waals surface area (Å²) in [4.78, 5) is 29.6. The summed E-state index contributed by atoms with van der Waals surface area (Å²) < 4.78 is 1.93. The fourth-order valence-corrected chi connectivity index (χ4v) is 4.87. The second-order valence-electron chi connectivity index (χ2n) is 9.07. The molecule has 2 aliphatic rings. The van der Waals surface area contributed by atoms with Crippen LogP contribution in [0.3, 0.4) is 0 Å². The molecule has 0 N–H and O–H groups in total. The van der Waals surface area contributed by atoms with Crippen LogP contribution in [0, 0.1) is 25.2 Å². The fraction of sp³-hybridized carbons (Fsp3) is 0.545. The molecule has 1 atom stereocenters. The van der Waals surface area contributed by atoms with Crippen LogP contribution in [0.1, 0.15) is 47.1 Å². The monoisotopic (exact) mass is 395 g/mol. The van der Waals surface area contributed by atoms with E-state index in [9.17, 15) is 9.59 Å². The first-order valence-corrected chi connectivity index (χ1v) is 10.2. The molecule has 1 spiro atoms. The minimum Gasteiger partial charge on any atom is -0.341 e. The van der Waals surface area contributed by atoms with Crippen LogP contribution in [0.4, 0.5) is 0 Å². The molecule has 0 saturated carbocycles. The highest BCUT2D eigenvalue weighted by Gasteiger charge is 2.58. The lowest BCUT2D eigenvalue weighted by molar-refractivity contribution is -0.134. The van der Waals surface area contributed by atoms with Crippen LogP contribution in [0.2, 0.25) is 0 Å². The van der Waals surface area contributed by atoms with Gasteiger partial charge in [0, 0.05) is 56.0 Å². The highest BCUT2D eigenvalue weighted by molar-refractivity contribution is 5.96. The standard InChI is InChI=1S/C22H29N5O2/c1-14(2)20(28)26-9-18(19-24-23-13-25(19)5)22(10-26)11-27(12-22)21(29)17-7-6-15(3)8-16(17)4/h6-8,13-14,18H,9-12H2,1-5H3. The number of amides is 2. The van der Waals surface area contributed by atoms with Gasteiger partial charge in [0.05, 0.1) is 0 Å². The Morgan fingerprint density at radius 1 is 1.14 bits per heavy atom. The summed E-state index contributed by atoms with van der Waals surface area (Å²) in [6.07, 6.45) is 1.70. The summed E-state index contributed by atoms with van der Waals surface area (Å²) in [5.74, 6) is 1.16. The maximum Gasteiger partial charge on any atom is 0.254 e. The molecular weight excluding hydrogens is 366 g/mol. The third-order valence-corrected chi connectivity index (χ3v) is 6.42. The molecule has 2 aromatic rings. The van der Waals surface area contributed by atoms with E-state index in [0.717, 1.165) is 22.5 Å². The van der Waals surface area contributed by atoms with Crippen molar-refractivity contribution >= 4 is 11.8 Å². The van der Waals surface area contributed by atoms with Crippen molar-refractivity contribution in [1.29, 1.82) is 0 Å². The average molecular weight is 396 g/mol. The topological polar surface area (TPSA) is 71.3 Å². The van der Waals surface area contributed by atoms with Crippen molar-refractivity contribution in [3.05, 3.63) is 47.0 Å². The zero-order chi connectivity index (χ0) is 20.9. The molecule has 154 valence electrons. The third-order valence-electron chi connectivity index (χ3n) is 6.42. The lowest BCUT2D eigenvalue weighted by atomic mass is 9.71. The Morgan fingerprint density at radius 2 is 1.83 bits per heavy atom. The van der Waals surface area contributed by atoms with Crippen molar-refractivity contribution in [3.63, 3.8) is 0 Å². The van der Waals surface area contributed by atoms with E-state index in [1.807, 2.05) is 67.3 Å². The second kappa shape index (κ2) is 6.97. The molecule has 1 aromatic carbocycles. The largest absolute Gasteiger partial charge is 0.341 e. The van der Waals surface area contributed by atoms with E-state index in [1.165, 1.54) is 0 Å². The van der Waals surface area contributed by atoms with Gasteiger partial charge < -0.3 is 14.4 Å². The van der Waals surface area contributed by atoms with Gasteiger partial charge in [0.1, 0.15) is 12.2 Å². The zero-order valence-electron chi connectivity index (χ0n) is 17.8. The smallest absolute Gasteiger partial charge is 0.254 e. The maximum absolute atomic E-state index is 13.1. The number of hydrogen-bond donors (Lipinski definition) is 0. The van der Waals surface area contributed by atoms with Crippen LogP contribution in [0.5, 0.6) is 0 Å². The van der Waals surface area contributed by atoms with Crippen molar-refractivity contribution in [3.8, 4) is 0 Å². The van der Waals surface area contributed by atoms with Crippen molar-refractivity contribution in [2.45, 2.75) is 33.6 Å². The van der Waals surface area contributed by atoms with Gasteiger partial charge in [-0.3, -0.25) is 9.59 Å². The van der Waals surface area contributed by atoms with Gasteiger partial charge >= 0.3 is 0 Å². The molecule has 2 saturated heterocycles. The predicted octanol–water partition coefficient (Wildman–Crippen LogP) is 2.16. The van der Waals surface area contributed by atoms with Crippen molar-refractivity contribution in [1.82, 2.24) is 24.6 Å². The Labute approximate surface area is 171 Å². The summed E-state index contributed by atoms with van der Waals surface area (Å²) in [5.41, 5.74) is 2.76. The number of aryl methyl sites for hydroxylation is 3. The first kappa shape index (κ1) is 19.6. The first-order valence-electron chi connectivity index (χ1n) is 10.2. The van der Waals surface area contributed by atoms with Gasteiger partial charge in [0.15, 0.2) is 0 Å². The van der Waals surface area contributed by atoms with Gasteiger partial charge in [-0.25, -0.2) is 0 Å². The minimum absolute atomic E-state index is 0.0432. The molecule has 2 amide bonds. The van der Waals surface area contributed by atoms with E-state index in [4.69, 9.17) is 0 Å². The van der Waals surface area contributed by atoms with E-state index in [2.05, 4.69) is 10.2 Å². The molecule has 0 aliphatic carbocycles. The fourth-order valence-electron chi connectivity index (χ4n) is 4.87. The van der Waals surface area contributed by atoms with Gasteiger partial charge in [0.25, 0.3) is 5.91 Å². The molecule has 2 fully saturated rings. The Morgan fingerprint density at radius 3 is 2.41 bits per heavy atom. The van der Waals surface area contributed by atoms with Crippen LogP contribution in [-0.4, -0.2) is 62.6 Å². The van der Waals surface area contributed by atoms with E-state index in [-0.39, 0.29) is 29.1 Å². The number of nitrogens with zero attached hydrogens (tertiary/aromatic N) is 5. The van der Waals surface area contributed by atoms with Crippen LogP contribution in [0.25, 0.3) is 0 Å². The molecule has 2 aliphatic heterocycles. The highest BCUT2D eigenvalue weighted by atomic mass is 16.2. The van der Waals surface area contributed by atoms with Gasteiger partial charge in [-0.15, -0.1) is 10.2 Å². The average Bonchev–Trinajstić information content (AvgIpc) is 3.22. The predicted molar refractivity (Wildman–Crippen MR) is 109 cm³/mol. The second-order valence-corrected chi connectivity index (χ2v) is 9.07. The minimum atomic E-state index is -0.153. The molecule has 4 rings (SSSR count). The quantitative estimate of drug-likeness (QED) is 0.798. The summed E-state index contributed by atoms with van der Waals surface area (Å²) in [7, 11) is 1.94. The van der Waals surface area contributed by atoms with Crippen LogP contribution in [-0.2, 0) is 11.8 Å². The molecule has 3 heterocycles.